The third-order valence-corrected chi connectivity index (χ3v) is 5.34. The average molecular weight is 434 g/mol. The zero-order valence-electron chi connectivity index (χ0n) is 14.6. The summed E-state index contributed by atoms with van der Waals surface area (Å²) in [5.74, 6) is 5.15. The molecule has 0 aliphatic rings. The van der Waals surface area contributed by atoms with E-state index in [1.807, 2.05) is 5.48 Å². The monoisotopic (exact) mass is 434 g/mol. The lowest BCUT2D eigenvalue weighted by Gasteiger charge is -2.06. The van der Waals surface area contributed by atoms with E-state index in [9.17, 15) is 18.0 Å². The van der Waals surface area contributed by atoms with Gasteiger partial charge < -0.3 is 5.32 Å². The Balaban J connectivity index is 1.66. The van der Waals surface area contributed by atoms with Gasteiger partial charge in [-0.2, -0.15) is 13.2 Å². The van der Waals surface area contributed by atoms with Crippen molar-refractivity contribution in [3.63, 3.8) is 0 Å². The third kappa shape index (κ3) is 4.92. The molecule has 1 aromatic heterocycles. The molecule has 0 fully saturated rings. The minimum atomic E-state index is -4.48. The SMILES string of the molecule is O=C(NCC#Cc1ccc(C(=S)NO)cc1)c1cc2c(C(F)(F)F)cccc2s1. The summed E-state index contributed by atoms with van der Waals surface area (Å²) in [4.78, 5) is 12.6. The predicted molar refractivity (Wildman–Crippen MR) is 109 cm³/mol. The lowest BCUT2D eigenvalue weighted by Crippen LogP contribution is -2.22. The number of thiocarbonyl (C=S) groups is 1. The van der Waals surface area contributed by atoms with Crippen LogP contribution in [-0.4, -0.2) is 22.6 Å². The highest BCUT2D eigenvalue weighted by atomic mass is 32.1. The first-order chi connectivity index (χ1) is 13.8. The molecule has 3 rings (SSSR count). The summed E-state index contributed by atoms with van der Waals surface area (Å²) in [6.07, 6.45) is -4.48. The Kier molecular flexibility index (Phi) is 6.17. The lowest BCUT2D eigenvalue weighted by atomic mass is 10.1. The number of nitrogens with one attached hydrogen (secondary N) is 2. The zero-order valence-corrected chi connectivity index (χ0v) is 16.3. The fourth-order valence-corrected chi connectivity index (χ4v) is 3.69. The summed E-state index contributed by atoms with van der Waals surface area (Å²) < 4.78 is 39.7. The van der Waals surface area contributed by atoms with E-state index in [0.29, 0.717) is 15.8 Å². The van der Waals surface area contributed by atoms with Crippen LogP contribution in [0.5, 0.6) is 0 Å². The van der Waals surface area contributed by atoms with E-state index in [0.717, 1.165) is 17.4 Å². The van der Waals surface area contributed by atoms with E-state index in [1.165, 1.54) is 12.1 Å². The third-order valence-electron chi connectivity index (χ3n) is 3.91. The molecule has 1 heterocycles. The summed E-state index contributed by atoms with van der Waals surface area (Å²) in [7, 11) is 0. The molecule has 148 valence electrons. The number of hydroxylamine groups is 1. The highest BCUT2D eigenvalue weighted by Gasteiger charge is 2.33. The number of fused-ring (bicyclic) bond motifs is 1. The molecule has 0 saturated carbocycles. The van der Waals surface area contributed by atoms with Gasteiger partial charge in [0.15, 0.2) is 0 Å². The molecule has 2 aromatic carbocycles. The number of benzene rings is 2. The fourth-order valence-electron chi connectivity index (χ4n) is 2.55. The van der Waals surface area contributed by atoms with Gasteiger partial charge in [-0.25, -0.2) is 0 Å². The van der Waals surface area contributed by atoms with E-state index in [2.05, 4.69) is 17.2 Å². The molecular formula is C20H13F3N2O2S2. The molecule has 1 amide bonds. The van der Waals surface area contributed by atoms with Crippen molar-refractivity contribution in [2.75, 3.05) is 6.54 Å². The molecule has 3 N–H and O–H groups in total. The van der Waals surface area contributed by atoms with Gasteiger partial charge in [0.2, 0.25) is 0 Å². The molecule has 3 aromatic rings. The van der Waals surface area contributed by atoms with Crippen LogP contribution in [0.2, 0.25) is 0 Å². The number of amides is 1. The van der Waals surface area contributed by atoms with Crippen LogP contribution in [0.15, 0.2) is 48.5 Å². The first-order valence-electron chi connectivity index (χ1n) is 8.21. The van der Waals surface area contributed by atoms with Gasteiger partial charge in [0.25, 0.3) is 5.91 Å². The van der Waals surface area contributed by atoms with Gasteiger partial charge >= 0.3 is 6.18 Å². The number of carbonyl (C=O) groups excluding carboxylic acids is 1. The van der Waals surface area contributed by atoms with Gasteiger partial charge in [-0.3, -0.25) is 15.5 Å². The van der Waals surface area contributed by atoms with Crippen molar-refractivity contribution < 1.29 is 23.2 Å². The largest absolute Gasteiger partial charge is 0.417 e. The van der Waals surface area contributed by atoms with Crippen LogP contribution in [0, 0.1) is 11.8 Å². The van der Waals surface area contributed by atoms with Crippen molar-refractivity contribution in [1.82, 2.24) is 10.8 Å². The smallest absolute Gasteiger partial charge is 0.340 e. The molecule has 0 aliphatic heterocycles. The first-order valence-corrected chi connectivity index (χ1v) is 9.43. The highest BCUT2D eigenvalue weighted by molar-refractivity contribution is 7.80. The molecule has 0 bridgehead atoms. The number of carbonyl (C=O) groups is 1. The first kappa shape index (κ1) is 20.8. The topological polar surface area (TPSA) is 61.4 Å². The van der Waals surface area contributed by atoms with Crippen LogP contribution in [0.3, 0.4) is 0 Å². The van der Waals surface area contributed by atoms with Gasteiger partial charge in [0.1, 0.15) is 4.99 Å². The second-order valence-corrected chi connectivity index (χ2v) is 7.32. The molecule has 0 saturated heterocycles. The van der Waals surface area contributed by atoms with Gasteiger partial charge in [0, 0.05) is 21.2 Å². The second-order valence-electron chi connectivity index (χ2n) is 5.83. The van der Waals surface area contributed by atoms with Gasteiger partial charge in [0.05, 0.1) is 17.0 Å². The Morgan fingerprint density at radius 1 is 1.17 bits per heavy atom. The summed E-state index contributed by atoms with van der Waals surface area (Å²) in [6.45, 7) is 0.0393. The minimum Gasteiger partial charge on any atom is -0.340 e. The van der Waals surface area contributed by atoms with Crippen molar-refractivity contribution in [2.45, 2.75) is 6.18 Å². The van der Waals surface area contributed by atoms with Crippen LogP contribution < -0.4 is 10.8 Å². The number of alkyl halides is 3. The van der Waals surface area contributed by atoms with E-state index < -0.39 is 17.6 Å². The Morgan fingerprint density at radius 3 is 2.55 bits per heavy atom. The van der Waals surface area contributed by atoms with Crippen molar-refractivity contribution in [3.05, 3.63) is 70.1 Å². The molecule has 0 aliphatic carbocycles. The van der Waals surface area contributed by atoms with Crippen LogP contribution >= 0.6 is 23.6 Å². The molecule has 9 heteroatoms. The Labute approximate surface area is 173 Å². The van der Waals surface area contributed by atoms with Crippen LogP contribution in [0.4, 0.5) is 13.2 Å². The second kappa shape index (κ2) is 8.61. The number of halogens is 3. The van der Waals surface area contributed by atoms with E-state index in [4.69, 9.17) is 17.4 Å². The Morgan fingerprint density at radius 2 is 1.90 bits per heavy atom. The molecule has 29 heavy (non-hydrogen) atoms. The highest BCUT2D eigenvalue weighted by Crippen LogP contribution is 2.37. The van der Waals surface area contributed by atoms with E-state index in [1.54, 1.807) is 30.3 Å². The minimum absolute atomic E-state index is 0.0107. The van der Waals surface area contributed by atoms with Crippen molar-refractivity contribution in [3.8, 4) is 11.8 Å². The summed E-state index contributed by atoms with van der Waals surface area (Å²) in [5, 5.41) is 11.4. The number of thiophene rings is 1. The molecular weight excluding hydrogens is 421 g/mol. The fraction of sp³-hybridized carbons (Fsp3) is 0.100. The maximum Gasteiger partial charge on any atom is 0.417 e. The standard InChI is InChI=1S/C20H13F3N2O2S2/c21-20(22,23)15-4-1-5-16-14(15)11-17(29-16)18(26)24-10-2-3-12-6-8-13(9-7-12)19(28)25-27/h1,4-9,11,27H,10H2,(H,24,26)(H,25,28). The van der Waals surface area contributed by atoms with Gasteiger partial charge in [-0.15, -0.1) is 11.3 Å². The summed E-state index contributed by atoms with van der Waals surface area (Å²) in [5.41, 5.74) is 2.44. The Bertz CT molecular complexity index is 1130. The predicted octanol–water partition coefficient (Wildman–Crippen LogP) is 4.36. The van der Waals surface area contributed by atoms with Crippen molar-refractivity contribution in [1.29, 1.82) is 0 Å². The maximum atomic E-state index is 13.1. The van der Waals surface area contributed by atoms with Crippen LogP contribution in [0.1, 0.15) is 26.4 Å². The quantitative estimate of drug-likeness (QED) is 0.326. The van der Waals surface area contributed by atoms with E-state index in [-0.39, 0.29) is 21.8 Å². The lowest BCUT2D eigenvalue weighted by molar-refractivity contribution is -0.136. The van der Waals surface area contributed by atoms with Gasteiger partial charge in [-0.05, 0) is 30.3 Å². The number of rotatable bonds is 3. The summed E-state index contributed by atoms with van der Waals surface area (Å²) in [6, 6.07) is 11.9. The Hall–Kier alpha value is -2.93. The molecule has 0 unspecified atom stereocenters. The van der Waals surface area contributed by atoms with E-state index >= 15 is 0 Å². The molecule has 0 atom stereocenters. The number of hydrogen-bond acceptors (Lipinski definition) is 4. The van der Waals surface area contributed by atoms with Crippen molar-refractivity contribution in [2.24, 2.45) is 0 Å². The van der Waals surface area contributed by atoms with Crippen molar-refractivity contribution >= 4 is 44.5 Å². The van der Waals surface area contributed by atoms with Gasteiger partial charge in [-0.1, -0.05) is 42.3 Å². The van der Waals surface area contributed by atoms with Crippen LogP contribution in [-0.2, 0) is 6.18 Å². The molecule has 4 nitrogen and oxygen atoms in total. The normalized spacial score (nSPS) is 10.9. The maximum absolute atomic E-state index is 13.1. The average Bonchev–Trinajstić information content (AvgIpc) is 3.14. The molecule has 0 spiro atoms. The van der Waals surface area contributed by atoms with Crippen LogP contribution in [0.25, 0.3) is 10.1 Å². The summed E-state index contributed by atoms with van der Waals surface area (Å²) >= 11 is 5.89. The number of hydrogen-bond donors (Lipinski definition) is 3. The zero-order chi connectivity index (χ0) is 21.0. The molecule has 0 radical (unpaired) electrons.